The van der Waals surface area contributed by atoms with Crippen LogP contribution in [0.15, 0.2) is 36.4 Å². The number of methoxy groups -OCH3 is 1. The first kappa shape index (κ1) is 24.7. The van der Waals surface area contributed by atoms with Gasteiger partial charge in [0.1, 0.15) is 30.2 Å². The van der Waals surface area contributed by atoms with Crippen LogP contribution in [0, 0.1) is 0 Å². The van der Waals surface area contributed by atoms with Gasteiger partial charge in [-0.1, -0.05) is 18.2 Å². The zero-order chi connectivity index (χ0) is 24.4. The Hall–Kier alpha value is -2.40. The molecule has 2 aromatic carbocycles. The van der Waals surface area contributed by atoms with Gasteiger partial charge in [0.25, 0.3) is 0 Å². The molecule has 0 radical (unpaired) electrons. The summed E-state index contributed by atoms with van der Waals surface area (Å²) >= 11 is 0. The second-order valence-electron chi connectivity index (χ2n) is 8.74. The van der Waals surface area contributed by atoms with Gasteiger partial charge in [-0.15, -0.1) is 0 Å². The summed E-state index contributed by atoms with van der Waals surface area (Å²) in [7, 11) is 1.48. The third-order valence-electron chi connectivity index (χ3n) is 6.48. The molecule has 0 aromatic heterocycles. The van der Waals surface area contributed by atoms with Crippen LogP contribution >= 0.6 is 0 Å². The summed E-state index contributed by atoms with van der Waals surface area (Å²) in [6.07, 6.45) is -5.02. The Morgan fingerprint density at radius 1 is 0.941 bits per heavy atom. The highest BCUT2D eigenvalue weighted by molar-refractivity contribution is 5.49. The third kappa shape index (κ3) is 4.72. The lowest BCUT2D eigenvalue weighted by atomic mass is 9.90. The van der Waals surface area contributed by atoms with Gasteiger partial charge < -0.3 is 44.5 Å². The van der Waals surface area contributed by atoms with E-state index in [0.717, 1.165) is 23.1 Å². The standard InChI is InChI=1S/C25H32O9/c1-13-21(28)22(29)23(30)25(32-13)34-19-8-6-15(11-20(19)31-2)24-17(12-27)16-10-14(4-3-9-26)5-7-18(16)33-24/h5-8,10-11,13,17,21-30H,3-4,9,12H2,1-2H3/t13-,17-,21-,22+,23+,24+,25-/m0/s1. The fourth-order valence-electron chi connectivity index (χ4n) is 4.50. The maximum atomic E-state index is 10.3. The molecule has 1 fully saturated rings. The Bertz CT molecular complexity index is 981. The van der Waals surface area contributed by atoms with E-state index < -0.39 is 36.8 Å². The Morgan fingerprint density at radius 3 is 2.44 bits per heavy atom. The Balaban J connectivity index is 1.55. The second-order valence-corrected chi connectivity index (χ2v) is 8.74. The number of aliphatic hydroxyl groups is 5. The predicted molar refractivity (Wildman–Crippen MR) is 121 cm³/mol. The van der Waals surface area contributed by atoms with Crippen LogP contribution in [-0.4, -0.2) is 76.6 Å². The fraction of sp³-hybridized carbons (Fsp3) is 0.520. The minimum Gasteiger partial charge on any atom is -0.493 e. The number of aliphatic hydroxyl groups excluding tert-OH is 5. The van der Waals surface area contributed by atoms with E-state index in [1.165, 1.54) is 7.11 Å². The largest absolute Gasteiger partial charge is 0.493 e. The zero-order valence-corrected chi connectivity index (χ0v) is 19.2. The van der Waals surface area contributed by atoms with Gasteiger partial charge in [0.2, 0.25) is 6.29 Å². The first-order chi connectivity index (χ1) is 16.4. The van der Waals surface area contributed by atoms with Crippen molar-refractivity contribution >= 4 is 0 Å². The molecule has 0 saturated carbocycles. The summed E-state index contributed by atoms with van der Waals surface area (Å²) in [5.41, 5.74) is 2.76. The van der Waals surface area contributed by atoms with Crippen LogP contribution in [0.1, 0.15) is 42.1 Å². The van der Waals surface area contributed by atoms with Crippen molar-refractivity contribution in [3.63, 3.8) is 0 Å². The topological polar surface area (TPSA) is 138 Å². The van der Waals surface area contributed by atoms with Gasteiger partial charge >= 0.3 is 0 Å². The van der Waals surface area contributed by atoms with Gasteiger partial charge in [-0.05, 0) is 49.1 Å². The number of ether oxygens (including phenoxy) is 4. The molecule has 7 atom stereocenters. The summed E-state index contributed by atoms with van der Waals surface area (Å²) in [6.45, 7) is 1.59. The quantitative estimate of drug-likeness (QED) is 0.378. The molecule has 4 rings (SSSR count). The maximum absolute atomic E-state index is 10.3. The summed E-state index contributed by atoms with van der Waals surface area (Å²) < 4.78 is 23.0. The Morgan fingerprint density at radius 2 is 1.74 bits per heavy atom. The SMILES string of the molecule is COc1cc([C@H]2Oc3ccc(CCCO)cc3[C@@H]2CO)ccc1O[C@@H]1O[C@@H](C)[C@H](O)[C@@H](O)[C@H]1O. The molecular weight excluding hydrogens is 444 g/mol. The van der Waals surface area contributed by atoms with Crippen LogP contribution in [0.25, 0.3) is 0 Å². The lowest BCUT2D eigenvalue weighted by Gasteiger charge is -2.39. The van der Waals surface area contributed by atoms with Gasteiger partial charge in [0, 0.05) is 12.2 Å². The predicted octanol–water partition coefficient (Wildman–Crippen LogP) is 1.04. The first-order valence-corrected chi connectivity index (χ1v) is 11.4. The van der Waals surface area contributed by atoms with Crippen LogP contribution in [-0.2, 0) is 11.2 Å². The minimum absolute atomic E-state index is 0.109. The van der Waals surface area contributed by atoms with Gasteiger partial charge in [0.05, 0.1) is 25.7 Å². The molecule has 2 aliphatic rings. The van der Waals surface area contributed by atoms with Crippen molar-refractivity contribution in [2.24, 2.45) is 0 Å². The van der Waals surface area contributed by atoms with Gasteiger partial charge in [0.15, 0.2) is 11.5 Å². The van der Waals surface area contributed by atoms with Crippen molar-refractivity contribution < 1.29 is 44.5 Å². The molecule has 5 N–H and O–H groups in total. The van der Waals surface area contributed by atoms with E-state index in [0.29, 0.717) is 17.9 Å². The number of fused-ring (bicyclic) bond motifs is 1. The third-order valence-corrected chi connectivity index (χ3v) is 6.48. The lowest BCUT2D eigenvalue weighted by molar-refractivity contribution is -0.268. The van der Waals surface area contributed by atoms with E-state index in [-0.39, 0.29) is 24.9 Å². The molecule has 2 heterocycles. The van der Waals surface area contributed by atoms with Crippen LogP contribution < -0.4 is 14.2 Å². The van der Waals surface area contributed by atoms with Crippen LogP contribution in [0.3, 0.4) is 0 Å². The van der Waals surface area contributed by atoms with Gasteiger partial charge in [-0.25, -0.2) is 0 Å². The van der Waals surface area contributed by atoms with Crippen molar-refractivity contribution in [2.45, 2.75) is 62.5 Å². The normalized spacial score (nSPS) is 30.5. The van der Waals surface area contributed by atoms with Gasteiger partial charge in [-0.2, -0.15) is 0 Å². The van der Waals surface area contributed by atoms with E-state index in [1.54, 1.807) is 25.1 Å². The van der Waals surface area contributed by atoms with Crippen molar-refractivity contribution in [3.8, 4) is 17.2 Å². The number of rotatable bonds is 8. The van der Waals surface area contributed by atoms with E-state index in [2.05, 4.69) is 0 Å². The number of aryl methyl sites for hydroxylation is 1. The van der Waals surface area contributed by atoms with Crippen molar-refractivity contribution in [3.05, 3.63) is 53.1 Å². The average molecular weight is 477 g/mol. The van der Waals surface area contributed by atoms with Crippen LogP contribution in [0.2, 0.25) is 0 Å². The monoisotopic (exact) mass is 476 g/mol. The van der Waals surface area contributed by atoms with E-state index in [9.17, 15) is 20.4 Å². The second kappa shape index (κ2) is 10.5. The molecule has 0 bridgehead atoms. The first-order valence-electron chi connectivity index (χ1n) is 11.4. The van der Waals surface area contributed by atoms with Crippen molar-refractivity contribution in [1.29, 1.82) is 0 Å². The fourth-order valence-corrected chi connectivity index (χ4v) is 4.50. The van der Waals surface area contributed by atoms with Crippen molar-refractivity contribution in [2.75, 3.05) is 20.3 Å². The molecule has 0 amide bonds. The lowest BCUT2D eigenvalue weighted by Crippen LogP contribution is -2.58. The summed E-state index contributed by atoms with van der Waals surface area (Å²) in [6, 6.07) is 11.1. The molecular formula is C25H32O9. The smallest absolute Gasteiger partial charge is 0.229 e. The Kier molecular flexibility index (Phi) is 7.61. The summed E-state index contributed by atoms with van der Waals surface area (Å²) in [5, 5.41) is 49.4. The molecule has 186 valence electrons. The van der Waals surface area contributed by atoms with E-state index in [1.807, 2.05) is 18.2 Å². The highest BCUT2D eigenvalue weighted by Crippen LogP contribution is 2.47. The van der Waals surface area contributed by atoms with Gasteiger partial charge in [-0.3, -0.25) is 0 Å². The molecule has 9 heteroatoms. The number of hydrogen-bond donors (Lipinski definition) is 5. The molecule has 0 aliphatic carbocycles. The van der Waals surface area contributed by atoms with E-state index >= 15 is 0 Å². The molecule has 2 aliphatic heterocycles. The summed E-state index contributed by atoms with van der Waals surface area (Å²) in [4.78, 5) is 0. The molecule has 0 spiro atoms. The molecule has 9 nitrogen and oxygen atoms in total. The Labute approximate surface area is 198 Å². The van der Waals surface area contributed by atoms with E-state index in [4.69, 9.17) is 24.1 Å². The zero-order valence-electron chi connectivity index (χ0n) is 19.2. The number of hydrogen-bond acceptors (Lipinski definition) is 9. The minimum atomic E-state index is -1.44. The molecule has 0 unspecified atom stereocenters. The highest BCUT2D eigenvalue weighted by atomic mass is 16.7. The number of benzene rings is 2. The molecule has 2 aromatic rings. The van der Waals surface area contributed by atoms with Crippen LogP contribution in [0.4, 0.5) is 0 Å². The van der Waals surface area contributed by atoms with Crippen LogP contribution in [0.5, 0.6) is 17.2 Å². The highest BCUT2D eigenvalue weighted by Gasteiger charge is 2.43. The summed E-state index contributed by atoms with van der Waals surface area (Å²) in [5.74, 6) is 1.08. The maximum Gasteiger partial charge on any atom is 0.229 e. The molecule has 1 saturated heterocycles. The van der Waals surface area contributed by atoms with Crippen molar-refractivity contribution in [1.82, 2.24) is 0 Å². The average Bonchev–Trinajstić information content (AvgIpc) is 3.22. The molecule has 34 heavy (non-hydrogen) atoms.